The molecule has 3 rings (SSSR count). The molecule has 1 amide bonds. The highest BCUT2D eigenvalue weighted by atomic mass is 16.5. The largest absolute Gasteiger partial charge is 0.445 e. The minimum absolute atomic E-state index is 0.124. The van der Waals surface area contributed by atoms with Gasteiger partial charge in [-0.2, -0.15) is 0 Å². The quantitative estimate of drug-likeness (QED) is 0.448. The number of aliphatic hydroxyl groups excluding tert-OH is 2. The zero-order valence-electron chi connectivity index (χ0n) is 15.2. The lowest BCUT2D eigenvalue weighted by molar-refractivity contribution is 0.0144. The number of aromatic nitrogens is 1. The van der Waals surface area contributed by atoms with Crippen molar-refractivity contribution in [2.24, 2.45) is 0 Å². The summed E-state index contributed by atoms with van der Waals surface area (Å²) in [6.45, 7) is 0.289. The number of aliphatic hydroxyl groups is 2. The Morgan fingerprint density at radius 2 is 1.93 bits per heavy atom. The zero-order valence-corrected chi connectivity index (χ0v) is 15.2. The Balaban J connectivity index is 1.52. The number of H-pyrrole nitrogens is 1. The van der Waals surface area contributed by atoms with Crippen LogP contribution in [0.2, 0.25) is 0 Å². The van der Waals surface area contributed by atoms with Crippen LogP contribution in [0.25, 0.3) is 10.9 Å². The molecule has 0 fully saturated rings. The summed E-state index contributed by atoms with van der Waals surface area (Å²) < 4.78 is 5.10. The van der Waals surface area contributed by atoms with Gasteiger partial charge in [0, 0.05) is 29.2 Å². The summed E-state index contributed by atoms with van der Waals surface area (Å²) in [6.07, 6.45) is -0.522. The van der Waals surface area contributed by atoms with E-state index in [0.29, 0.717) is 28.3 Å². The van der Waals surface area contributed by atoms with Crippen molar-refractivity contribution in [3.05, 3.63) is 71.4 Å². The highest BCUT2D eigenvalue weighted by Gasteiger charge is 2.22. The van der Waals surface area contributed by atoms with Crippen molar-refractivity contribution in [3.63, 3.8) is 0 Å². The molecular formula is C21H22N2O5. The number of benzene rings is 2. The molecule has 0 saturated carbocycles. The average molecular weight is 382 g/mol. The third-order valence-electron chi connectivity index (χ3n) is 4.50. The number of carbonyl (C=O) groups is 2. The molecule has 0 saturated heterocycles. The molecule has 7 nitrogen and oxygen atoms in total. The van der Waals surface area contributed by atoms with Crippen LogP contribution >= 0.6 is 0 Å². The smallest absolute Gasteiger partial charge is 0.407 e. The molecule has 0 aliphatic carbocycles. The first-order chi connectivity index (χ1) is 13.6. The van der Waals surface area contributed by atoms with Gasteiger partial charge in [0.2, 0.25) is 0 Å². The molecule has 2 aromatic carbocycles. The van der Waals surface area contributed by atoms with Gasteiger partial charge < -0.3 is 25.3 Å². The second-order valence-electron chi connectivity index (χ2n) is 6.42. The van der Waals surface area contributed by atoms with E-state index >= 15 is 0 Å². The fraction of sp³-hybridized carbons (Fsp3) is 0.238. The fourth-order valence-corrected chi connectivity index (χ4v) is 3.04. The third kappa shape index (κ3) is 4.57. The Morgan fingerprint density at radius 3 is 2.68 bits per heavy atom. The van der Waals surface area contributed by atoms with Crippen LogP contribution in [0.3, 0.4) is 0 Å². The fourth-order valence-electron chi connectivity index (χ4n) is 3.04. The van der Waals surface area contributed by atoms with Gasteiger partial charge in [-0.3, -0.25) is 4.79 Å². The Morgan fingerprint density at radius 1 is 1.14 bits per heavy atom. The van der Waals surface area contributed by atoms with Gasteiger partial charge in [-0.15, -0.1) is 0 Å². The first-order valence-electron chi connectivity index (χ1n) is 8.96. The Hall–Kier alpha value is -3.16. The van der Waals surface area contributed by atoms with Crippen molar-refractivity contribution in [1.82, 2.24) is 10.3 Å². The van der Waals surface area contributed by atoms with Crippen LogP contribution < -0.4 is 5.32 Å². The molecule has 0 radical (unpaired) electrons. The van der Waals surface area contributed by atoms with E-state index in [-0.39, 0.29) is 19.6 Å². The lowest BCUT2D eigenvalue weighted by Crippen LogP contribution is -2.29. The maximum absolute atomic E-state index is 11.7. The maximum atomic E-state index is 11.7. The van der Waals surface area contributed by atoms with Crippen molar-refractivity contribution in [1.29, 1.82) is 0 Å². The summed E-state index contributed by atoms with van der Waals surface area (Å²) in [5.41, 5.74) is 2.45. The number of aromatic amines is 1. The van der Waals surface area contributed by atoms with E-state index < -0.39 is 18.3 Å². The van der Waals surface area contributed by atoms with Crippen molar-refractivity contribution in [2.75, 3.05) is 6.54 Å². The number of amides is 1. The van der Waals surface area contributed by atoms with Crippen LogP contribution in [-0.2, 0) is 11.3 Å². The summed E-state index contributed by atoms with van der Waals surface area (Å²) in [4.78, 5) is 25.9. The van der Waals surface area contributed by atoms with Crippen LogP contribution in [0.4, 0.5) is 4.79 Å². The molecule has 0 aliphatic heterocycles. The molecule has 1 aromatic heterocycles. The normalized spacial score (nSPS) is 13.1. The molecule has 0 spiro atoms. The van der Waals surface area contributed by atoms with Crippen LogP contribution in [0.1, 0.15) is 34.0 Å². The molecule has 0 aliphatic rings. The van der Waals surface area contributed by atoms with E-state index in [1.165, 1.54) is 0 Å². The van der Waals surface area contributed by atoms with E-state index in [4.69, 9.17) is 4.74 Å². The number of fused-ring (bicyclic) bond motifs is 1. The minimum atomic E-state index is -1.19. The molecule has 0 bridgehead atoms. The zero-order chi connectivity index (χ0) is 19.9. The van der Waals surface area contributed by atoms with Crippen LogP contribution in [0, 0.1) is 0 Å². The summed E-state index contributed by atoms with van der Waals surface area (Å²) in [6, 6.07) is 14.5. The topological polar surface area (TPSA) is 112 Å². The summed E-state index contributed by atoms with van der Waals surface area (Å²) >= 11 is 0. The molecule has 3 aromatic rings. The van der Waals surface area contributed by atoms with Gasteiger partial charge in [-0.05, 0) is 23.6 Å². The first-order valence-corrected chi connectivity index (χ1v) is 8.96. The van der Waals surface area contributed by atoms with Crippen molar-refractivity contribution >= 4 is 23.3 Å². The van der Waals surface area contributed by atoms with E-state index in [2.05, 4.69) is 10.3 Å². The standard InChI is InChI=1S/C21H22N2O5/c24-12-15-11-23-17-8-4-7-16(19(15)17)20(26)18(25)9-10-22-21(27)28-13-14-5-2-1-3-6-14/h1-8,11-12,18,20,23,25-26H,9-10,13H2,(H,22,27). The summed E-state index contributed by atoms with van der Waals surface area (Å²) in [7, 11) is 0. The van der Waals surface area contributed by atoms with Crippen LogP contribution in [0.15, 0.2) is 54.7 Å². The molecule has 4 N–H and O–H groups in total. The Bertz CT molecular complexity index is 938. The lowest BCUT2D eigenvalue weighted by Gasteiger charge is -2.19. The van der Waals surface area contributed by atoms with E-state index in [1.807, 2.05) is 30.3 Å². The van der Waals surface area contributed by atoms with Gasteiger partial charge in [0.25, 0.3) is 0 Å². The summed E-state index contributed by atoms with van der Waals surface area (Å²) in [5, 5.41) is 24.0. The number of hydrogen-bond donors (Lipinski definition) is 4. The SMILES string of the molecule is O=Cc1c[nH]c2cccc(C(O)C(O)CCNC(=O)OCc3ccccc3)c12. The van der Waals surface area contributed by atoms with Gasteiger partial charge >= 0.3 is 6.09 Å². The number of hydrogen-bond acceptors (Lipinski definition) is 5. The molecule has 28 heavy (non-hydrogen) atoms. The van der Waals surface area contributed by atoms with E-state index in [1.54, 1.807) is 24.4 Å². The number of ether oxygens (including phenoxy) is 1. The highest BCUT2D eigenvalue weighted by molar-refractivity contribution is 5.99. The van der Waals surface area contributed by atoms with E-state index in [9.17, 15) is 19.8 Å². The number of nitrogens with one attached hydrogen (secondary N) is 2. The van der Waals surface area contributed by atoms with E-state index in [0.717, 1.165) is 5.56 Å². The van der Waals surface area contributed by atoms with Crippen LogP contribution in [-0.4, -0.2) is 40.2 Å². The average Bonchev–Trinajstić information content (AvgIpc) is 3.15. The second-order valence-corrected chi connectivity index (χ2v) is 6.42. The first kappa shape index (κ1) is 19.6. The monoisotopic (exact) mass is 382 g/mol. The Kier molecular flexibility index (Phi) is 6.41. The van der Waals surface area contributed by atoms with Gasteiger partial charge in [-0.25, -0.2) is 4.79 Å². The molecule has 2 unspecified atom stereocenters. The maximum Gasteiger partial charge on any atom is 0.407 e. The predicted molar refractivity (Wildman–Crippen MR) is 104 cm³/mol. The third-order valence-corrected chi connectivity index (χ3v) is 4.50. The highest BCUT2D eigenvalue weighted by Crippen LogP contribution is 2.29. The van der Waals surface area contributed by atoms with Crippen molar-refractivity contribution in [3.8, 4) is 0 Å². The van der Waals surface area contributed by atoms with Gasteiger partial charge in [0.1, 0.15) is 12.7 Å². The number of aldehydes is 1. The van der Waals surface area contributed by atoms with Gasteiger partial charge in [0.05, 0.1) is 6.10 Å². The minimum Gasteiger partial charge on any atom is -0.445 e. The molecule has 7 heteroatoms. The molecule has 1 heterocycles. The van der Waals surface area contributed by atoms with Gasteiger partial charge in [0.15, 0.2) is 6.29 Å². The molecular weight excluding hydrogens is 360 g/mol. The number of alkyl carbamates (subject to hydrolysis) is 1. The van der Waals surface area contributed by atoms with Gasteiger partial charge in [-0.1, -0.05) is 42.5 Å². The summed E-state index contributed by atoms with van der Waals surface area (Å²) in [5.74, 6) is 0. The number of rotatable bonds is 8. The molecule has 146 valence electrons. The van der Waals surface area contributed by atoms with Crippen molar-refractivity contribution < 1.29 is 24.5 Å². The Labute approximate surface area is 162 Å². The van der Waals surface area contributed by atoms with Crippen molar-refractivity contribution in [2.45, 2.75) is 25.2 Å². The van der Waals surface area contributed by atoms with Crippen LogP contribution in [0.5, 0.6) is 0 Å². The predicted octanol–water partition coefficient (Wildman–Crippen LogP) is 2.69. The number of carbonyl (C=O) groups excluding carboxylic acids is 2. The lowest BCUT2D eigenvalue weighted by atomic mass is 9.97. The molecule has 2 atom stereocenters. The second kappa shape index (κ2) is 9.16.